The summed E-state index contributed by atoms with van der Waals surface area (Å²) in [5.41, 5.74) is 6.23. The Morgan fingerprint density at radius 1 is 0.897 bits per heavy atom. The molecule has 2 aliphatic rings. The van der Waals surface area contributed by atoms with Crippen molar-refractivity contribution in [1.82, 2.24) is 10.2 Å². The Morgan fingerprint density at radius 2 is 1.62 bits per heavy atom. The summed E-state index contributed by atoms with van der Waals surface area (Å²) < 4.78 is 13.4. The van der Waals surface area contributed by atoms with Gasteiger partial charge in [0.15, 0.2) is 6.29 Å². The smallest absolute Gasteiger partial charge is 0.217 e. The van der Waals surface area contributed by atoms with Crippen molar-refractivity contribution in [2.75, 3.05) is 19.6 Å². The van der Waals surface area contributed by atoms with Crippen LogP contribution >= 0.6 is 0 Å². The number of piperidine rings is 1. The minimum absolute atomic E-state index is 0.0312. The van der Waals surface area contributed by atoms with Gasteiger partial charge in [-0.3, -0.25) is 4.79 Å². The fraction of sp³-hybridized carbons (Fsp3) is 0.424. The van der Waals surface area contributed by atoms with Crippen molar-refractivity contribution < 1.29 is 19.4 Å². The van der Waals surface area contributed by atoms with Gasteiger partial charge in [-0.05, 0) is 65.9 Å². The first-order valence-corrected chi connectivity index (χ1v) is 14.2. The molecule has 0 bridgehead atoms. The molecule has 2 heterocycles. The summed E-state index contributed by atoms with van der Waals surface area (Å²) in [5.74, 6) is 0.139. The van der Waals surface area contributed by atoms with E-state index in [1.54, 1.807) is 0 Å². The van der Waals surface area contributed by atoms with E-state index in [2.05, 4.69) is 65.7 Å². The third kappa shape index (κ3) is 6.95. The first-order valence-electron chi connectivity index (χ1n) is 14.2. The summed E-state index contributed by atoms with van der Waals surface area (Å²) in [6.45, 7) is 7.44. The van der Waals surface area contributed by atoms with Gasteiger partial charge in [0.25, 0.3) is 0 Å². The molecule has 2 fully saturated rings. The number of likely N-dealkylation sites (tertiary alicyclic amines) is 1. The molecule has 2 saturated heterocycles. The molecule has 2 N–H and O–H groups in total. The van der Waals surface area contributed by atoms with Crippen molar-refractivity contribution in [1.29, 1.82) is 0 Å². The average molecular weight is 529 g/mol. The van der Waals surface area contributed by atoms with Crippen LogP contribution in [0, 0.1) is 5.92 Å². The molecule has 0 saturated carbocycles. The highest BCUT2D eigenvalue weighted by Crippen LogP contribution is 2.42. The van der Waals surface area contributed by atoms with Crippen LogP contribution in [0.15, 0.2) is 72.8 Å². The number of carbonyl (C=O) groups is 1. The lowest BCUT2D eigenvalue weighted by atomic mass is 9.89. The molecule has 4 atom stereocenters. The molecule has 5 rings (SSSR count). The maximum Gasteiger partial charge on any atom is 0.217 e. The number of nitrogens with zero attached hydrogens (tertiary/aromatic N) is 1. The zero-order chi connectivity index (χ0) is 27.2. The highest BCUT2D eigenvalue weighted by atomic mass is 16.7. The number of hydrogen-bond acceptors (Lipinski definition) is 5. The summed E-state index contributed by atoms with van der Waals surface area (Å²) in [5, 5.41) is 12.4. The van der Waals surface area contributed by atoms with Crippen LogP contribution in [0.25, 0.3) is 11.1 Å². The Labute approximate surface area is 232 Å². The van der Waals surface area contributed by atoms with Crippen LogP contribution in [0.2, 0.25) is 0 Å². The third-order valence-corrected chi connectivity index (χ3v) is 7.97. The lowest BCUT2D eigenvalue weighted by Gasteiger charge is -2.43. The van der Waals surface area contributed by atoms with Gasteiger partial charge in [0, 0.05) is 31.5 Å². The highest BCUT2D eigenvalue weighted by molar-refractivity contribution is 5.73. The Kier molecular flexibility index (Phi) is 9.09. The van der Waals surface area contributed by atoms with E-state index in [1.165, 1.54) is 26.2 Å². The monoisotopic (exact) mass is 528 g/mol. The predicted molar refractivity (Wildman–Crippen MR) is 153 cm³/mol. The molecule has 0 spiro atoms. The van der Waals surface area contributed by atoms with Gasteiger partial charge in [0.1, 0.15) is 0 Å². The molecule has 2 aliphatic heterocycles. The summed E-state index contributed by atoms with van der Waals surface area (Å²) in [4.78, 5) is 13.9. The maximum absolute atomic E-state index is 11.4. The number of hydrogen-bond donors (Lipinski definition) is 2. The summed E-state index contributed by atoms with van der Waals surface area (Å²) in [7, 11) is 0. The SMILES string of the molecule is CC(=O)NCc1cccc(-c2cccc([C@H]3O[C@@H](CN4CCCCC4)[C@@H](C)[C@@H](c4ccc(CO)cc4)O3)c2)c1. The number of amides is 1. The summed E-state index contributed by atoms with van der Waals surface area (Å²) in [6, 6.07) is 24.7. The van der Waals surface area contributed by atoms with Crippen molar-refractivity contribution in [3.05, 3.63) is 95.1 Å². The second-order valence-electron chi connectivity index (χ2n) is 10.9. The molecule has 0 aliphatic carbocycles. The molecule has 3 aromatic rings. The second-order valence-corrected chi connectivity index (χ2v) is 10.9. The van der Waals surface area contributed by atoms with Gasteiger partial charge < -0.3 is 24.8 Å². The van der Waals surface area contributed by atoms with Crippen LogP contribution in [-0.4, -0.2) is 41.7 Å². The quantitative estimate of drug-likeness (QED) is 0.389. The Balaban J connectivity index is 1.41. The minimum atomic E-state index is -0.485. The van der Waals surface area contributed by atoms with Gasteiger partial charge in [-0.15, -0.1) is 0 Å². The lowest BCUT2D eigenvalue weighted by molar-refractivity contribution is -0.276. The largest absolute Gasteiger partial charge is 0.392 e. The average Bonchev–Trinajstić information content (AvgIpc) is 2.98. The molecule has 0 aromatic heterocycles. The number of ether oxygens (including phenoxy) is 2. The zero-order valence-corrected chi connectivity index (χ0v) is 23.0. The minimum Gasteiger partial charge on any atom is -0.392 e. The standard InChI is InChI=1S/C33H40N2O4/c1-23-31(21-35-16-4-3-5-17-35)38-33(39-32(23)27-14-12-25(22-36)13-15-27)30-11-7-10-29(19-30)28-9-6-8-26(18-28)20-34-24(2)37/h6-15,18-19,23,31-33,36H,3-5,16-17,20-22H2,1-2H3,(H,34,37)/t23-,31+,32+,33+/m1/s1. The fourth-order valence-electron chi connectivity index (χ4n) is 5.68. The first-order chi connectivity index (χ1) is 19.0. The molecular weight excluding hydrogens is 488 g/mol. The van der Waals surface area contributed by atoms with Crippen LogP contribution in [0.4, 0.5) is 0 Å². The Morgan fingerprint density at radius 3 is 2.33 bits per heavy atom. The van der Waals surface area contributed by atoms with E-state index in [0.29, 0.717) is 6.54 Å². The number of aliphatic hydroxyl groups excluding tert-OH is 1. The molecule has 6 heteroatoms. The van der Waals surface area contributed by atoms with Gasteiger partial charge in [0.2, 0.25) is 5.91 Å². The molecule has 206 valence electrons. The number of rotatable bonds is 8. The van der Waals surface area contributed by atoms with Crippen molar-refractivity contribution in [2.45, 2.75) is 64.8 Å². The van der Waals surface area contributed by atoms with Gasteiger partial charge in [0.05, 0.1) is 18.8 Å². The molecule has 0 unspecified atom stereocenters. The third-order valence-electron chi connectivity index (χ3n) is 7.97. The van der Waals surface area contributed by atoms with Gasteiger partial charge in [-0.1, -0.05) is 74.0 Å². The van der Waals surface area contributed by atoms with Crippen LogP contribution < -0.4 is 5.32 Å². The predicted octanol–water partition coefficient (Wildman–Crippen LogP) is 5.76. The fourth-order valence-corrected chi connectivity index (χ4v) is 5.68. The molecule has 3 aromatic carbocycles. The first kappa shape index (κ1) is 27.5. The van der Waals surface area contributed by atoms with Crippen molar-refractivity contribution >= 4 is 5.91 Å². The van der Waals surface area contributed by atoms with Gasteiger partial charge in [-0.25, -0.2) is 0 Å². The van der Waals surface area contributed by atoms with E-state index >= 15 is 0 Å². The number of carbonyl (C=O) groups excluding carboxylic acids is 1. The van der Waals surface area contributed by atoms with Crippen molar-refractivity contribution in [3.8, 4) is 11.1 Å². The number of benzene rings is 3. The van der Waals surface area contributed by atoms with Gasteiger partial charge in [-0.2, -0.15) is 0 Å². The summed E-state index contributed by atoms with van der Waals surface area (Å²) >= 11 is 0. The second kappa shape index (κ2) is 12.9. The van der Waals surface area contributed by atoms with Gasteiger partial charge >= 0.3 is 0 Å². The number of aliphatic hydroxyl groups is 1. The molecular formula is C33H40N2O4. The van der Waals surface area contributed by atoms with Crippen LogP contribution in [-0.2, 0) is 27.4 Å². The van der Waals surface area contributed by atoms with E-state index in [1.807, 2.05) is 24.3 Å². The molecule has 39 heavy (non-hydrogen) atoms. The summed E-state index contributed by atoms with van der Waals surface area (Å²) in [6.07, 6.45) is 3.24. The normalized spacial score (nSPS) is 23.9. The lowest BCUT2D eigenvalue weighted by Crippen LogP contribution is -2.45. The van der Waals surface area contributed by atoms with E-state index < -0.39 is 6.29 Å². The van der Waals surface area contributed by atoms with Crippen molar-refractivity contribution in [3.63, 3.8) is 0 Å². The van der Waals surface area contributed by atoms with E-state index in [9.17, 15) is 9.90 Å². The zero-order valence-electron chi connectivity index (χ0n) is 23.0. The highest BCUT2D eigenvalue weighted by Gasteiger charge is 2.39. The Hall–Kier alpha value is -3.03. The Bertz CT molecular complexity index is 1240. The maximum atomic E-state index is 11.4. The molecule has 6 nitrogen and oxygen atoms in total. The van der Waals surface area contributed by atoms with E-state index in [-0.39, 0.29) is 30.6 Å². The van der Waals surface area contributed by atoms with E-state index in [4.69, 9.17) is 9.47 Å². The number of nitrogens with one attached hydrogen (secondary N) is 1. The van der Waals surface area contributed by atoms with Crippen LogP contribution in [0.5, 0.6) is 0 Å². The van der Waals surface area contributed by atoms with Crippen LogP contribution in [0.3, 0.4) is 0 Å². The van der Waals surface area contributed by atoms with Crippen molar-refractivity contribution in [2.24, 2.45) is 5.92 Å². The molecule has 0 radical (unpaired) electrons. The molecule has 1 amide bonds. The van der Waals surface area contributed by atoms with Crippen LogP contribution in [0.1, 0.15) is 67.8 Å². The topological polar surface area (TPSA) is 71.0 Å². The van der Waals surface area contributed by atoms with E-state index in [0.717, 1.165) is 53.0 Å².